The number of aryl methyl sites for hydroxylation is 2. The van der Waals surface area contributed by atoms with Gasteiger partial charge >= 0.3 is 0 Å². The molecule has 0 aliphatic carbocycles. The van der Waals surface area contributed by atoms with Crippen molar-refractivity contribution in [2.75, 3.05) is 13.2 Å². The molecule has 3 nitrogen and oxygen atoms in total. The largest absolute Gasteiger partial charge is 0.494 e. The van der Waals surface area contributed by atoms with Crippen LogP contribution in [0.4, 0.5) is 0 Å². The van der Waals surface area contributed by atoms with Crippen LogP contribution in [0.1, 0.15) is 115 Å². The molecule has 2 aromatic carbocycles. The first-order valence-corrected chi connectivity index (χ1v) is 14.0. The molecule has 194 valence electrons. The molecule has 0 spiro atoms. The number of benzene rings is 2. The highest BCUT2D eigenvalue weighted by molar-refractivity contribution is 5.52. The second kappa shape index (κ2) is 12.2. The first kappa shape index (κ1) is 27.4. The molecule has 0 aromatic heterocycles. The van der Waals surface area contributed by atoms with Crippen molar-refractivity contribution < 1.29 is 14.2 Å². The lowest BCUT2D eigenvalue weighted by Gasteiger charge is -2.45. The van der Waals surface area contributed by atoms with Gasteiger partial charge in [0.2, 0.25) is 0 Å². The summed E-state index contributed by atoms with van der Waals surface area (Å²) in [5.74, 6) is 2.93. The molecule has 0 bridgehead atoms. The zero-order valence-corrected chi connectivity index (χ0v) is 23.4. The lowest BCUT2D eigenvalue weighted by atomic mass is 9.70. The van der Waals surface area contributed by atoms with Gasteiger partial charge in [0.25, 0.3) is 0 Å². The van der Waals surface area contributed by atoms with Crippen LogP contribution in [-0.4, -0.2) is 13.2 Å². The molecule has 1 unspecified atom stereocenters. The SMILES string of the molecule is CCCCCc1ccc(OCCCC)cc1C1(C)CC(C)(C)c2cc(OCCCC)c(C)cc2O1. The summed E-state index contributed by atoms with van der Waals surface area (Å²) in [5.41, 5.74) is 4.59. The molecular formula is C32H48O3. The van der Waals surface area contributed by atoms with E-state index in [9.17, 15) is 0 Å². The van der Waals surface area contributed by atoms with E-state index in [1.807, 2.05) is 0 Å². The van der Waals surface area contributed by atoms with Gasteiger partial charge in [-0.2, -0.15) is 0 Å². The van der Waals surface area contributed by atoms with Crippen LogP contribution < -0.4 is 14.2 Å². The summed E-state index contributed by atoms with van der Waals surface area (Å²) in [6.45, 7) is 17.3. The van der Waals surface area contributed by atoms with Gasteiger partial charge in [-0.25, -0.2) is 0 Å². The highest BCUT2D eigenvalue weighted by Gasteiger charge is 2.44. The fraction of sp³-hybridized carbons (Fsp3) is 0.625. The van der Waals surface area contributed by atoms with E-state index in [2.05, 4.69) is 78.8 Å². The highest BCUT2D eigenvalue weighted by Crippen LogP contribution is 2.51. The Hall–Kier alpha value is -2.16. The van der Waals surface area contributed by atoms with Crippen LogP contribution >= 0.6 is 0 Å². The third kappa shape index (κ3) is 6.74. The zero-order valence-electron chi connectivity index (χ0n) is 23.4. The van der Waals surface area contributed by atoms with Gasteiger partial charge in [-0.3, -0.25) is 0 Å². The lowest BCUT2D eigenvalue weighted by Crippen LogP contribution is -2.42. The Morgan fingerprint density at radius 2 is 1.49 bits per heavy atom. The molecule has 1 aliphatic heterocycles. The van der Waals surface area contributed by atoms with Crippen LogP contribution in [-0.2, 0) is 17.4 Å². The minimum atomic E-state index is -0.417. The summed E-state index contributed by atoms with van der Waals surface area (Å²) in [7, 11) is 0. The molecule has 0 saturated carbocycles. The summed E-state index contributed by atoms with van der Waals surface area (Å²) in [6.07, 6.45) is 10.1. The number of rotatable bonds is 13. The van der Waals surface area contributed by atoms with Gasteiger partial charge < -0.3 is 14.2 Å². The van der Waals surface area contributed by atoms with E-state index < -0.39 is 5.60 Å². The van der Waals surface area contributed by atoms with E-state index in [1.165, 1.54) is 36.0 Å². The normalized spacial score (nSPS) is 18.6. The Morgan fingerprint density at radius 3 is 2.17 bits per heavy atom. The van der Waals surface area contributed by atoms with Gasteiger partial charge in [-0.15, -0.1) is 0 Å². The predicted octanol–water partition coefficient (Wildman–Crippen LogP) is 9.06. The van der Waals surface area contributed by atoms with Crippen LogP contribution in [0.15, 0.2) is 30.3 Å². The quantitative estimate of drug-likeness (QED) is 0.268. The van der Waals surface area contributed by atoms with Crippen molar-refractivity contribution in [2.45, 2.75) is 117 Å². The van der Waals surface area contributed by atoms with Crippen molar-refractivity contribution in [3.8, 4) is 17.2 Å². The van der Waals surface area contributed by atoms with Crippen molar-refractivity contribution in [1.82, 2.24) is 0 Å². The number of fused-ring (bicyclic) bond motifs is 1. The first-order valence-electron chi connectivity index (χ1n) is 14.0. The van der Waals surface area contributed by atoms with Gasteiger partial charge in [-0.05, 0) is 80.3 Å². The second-order valence-corrected chi connectivity index (χ2v) is 11.2. The van der Waals surface area contributed by atoms with Crippen LogP contribution in [0.5, 0.6) is 17.2 Å². The highest BCUT2D eigenvalue weighted by atomic mass is 16.5. The summed E-state index contributed by atoms with van der Waals surface area (Å²) >= 11 is 0. The Bertz CT molecular complexity index is 962. The minimum absolute atomic E-state index is 0.0430. The van der Waals surface area contributed by atoms with E-state index in [-0.39, 0.29) is 5.41 Å². The van der Waals surface area contributed by atoms with Crippen LogP contribution in [0.25, 0.3) is 0 Å². The smallest absolute Gasteiger partial charge is 0.132 e. The molecule has 1 atom stereocenters. The number of hydrogen-bond donors (Lipinski definition) is 0. The molecule has 1 aliphatic rings. The van der Waals surface area contributed by atoms with Crippen molar-refractivity contribution >= 4 is 0 Å². The average molecular weight is 481 g/mol. The molecule has 3 heteroatoms. The van der Waals surface area contributed by atoms with Gasteiger partial charge in [0.1, 0.15) is 22.8 Å². The number of unbranched alkanes of at least 4 members (excludes halogenated alkanes) is 4. The average Bonchev–Trinajstić information content (AvgIpc) is 2.80. The molecular weight excluding hydrogens is 432 g/mol. The molecule has 35 heavy (non-hydrogen) atoms. The summed E-state index contributed by atoms with van der Waals surface area (Å²) in [4.78, 5) is 0. The van der Waals surface area contributed by atoms with Crippen LogP contribution in [0.2, 0.25) is 0 Å². The maximum Gasteiger partial charge on any atom is 0.132 e. The summed E-state index contributed by atoms with van der Waals surface area (Å²) < 4.78 is 19.2. The van der Waals surface area contributed by atoms with E-state index in [0.717, 1.165) is 74.6 Å². The van der Waals surface area contributed by atoms with Gasteiger partial charge in [0.05, 0.1) is 13.2 Å². The molecule has 3 rings (SSSR count). The Morgan fingerprint density at radius 1 is 0.800 bits per heavy atom. The summed E-state index contributed by atoms with van der Waals surface area (Å²) in [6, 6.07) is 11.1. The van der Waals surface area contributed by atoms with Crippen LogP contribution in [0, 0.1) is 6.92 Å². The minimum Gasteiger partial charge on any atom is -0.494 e. The van der Waals surface area contributed by atoms with Crippen LogP contribution in [0.3, 0.4) is 0 Å². The van der Waals surface area contributed by atoms with E-state index in [1.54, 1.807) is 0 Å². The van der Waals surface area contributed by atoms with Gasteiger partial charge in [-0.1, -0.05) is 66.4 Å². The first-order chi connectivity index (χ1) is 16.7. The topological polar surface area (TPSA) is 27.7 Å². The van der Waals surface area contributed by atoms with Crippen molar-refractivity contribution in [3.05, 3.63) is 52.6 Å². The molecule has 0 amide bonds. The lowest BCUT2D eigenvalue weighted by molar-refractivity contribution is 0.0311. The monoisotopic (exact) mass is 480 g/mol. The van der Waals surface area contributed by atoms with E-state index in [0.29, 0.717) is 0 Å². The van der Waals surface area contributed by atoms with Crippen molar-refractivity contribution in [2.24, 2.45) is 0 Å². The maximum absolute atomic E-state index is 6.92. The molecule has 1 heterocycles. The molecule has 0 N–H and O–H groups in total. The summed E-state index contributed by atoms with van der Waals surface area (Å²) in [5, 5.41) is 0. The third-order valence-corrected chi connectivity index (χ3v) is 7.34. The number of hydrogen-bond acceptors (Lipinski definition) is 3. The van der Waals surface area contributed by atoms with Gasteiger partial charge in [0, 0.05) is 17.5 Å². The van der Waals surface area contributed by atoms with Crippen molar-refractivity contribution in [1.29, 1.82) is 0 Å². The maximum atomic E-state index is 6.92. The standard InChI is InChI=1S/C32H48O3/c1-8-11-14-15-25-16-17-26(33-18-12-9-2)21-27(25)32(7)23-31(5,6)28-22-29(34-19-13-10-3)24(4)20-30(28)35-32/h16-17,20-22H,8-15,18-19,23H2,1-7H3. The molecule has 0 radical (unpaired) electrons. The fourth-order valence-electron chi connectivity index (χ4n) is 5.38. The van der Waals surface area contributed by atoms with Crippen molar-refractivity contribution in [3.63, 3.8) is 0 Å². The predicted molar refractivity (Wildman–Crippen MR) is 147 cm³/mol. The zero-order chi connectivity index (χ0) is 25.5. The van der Waals surface area contributed by atoms with E-state index in [4.69, 9.17) is 14.2 Å². The molecule has 0 saturated heterocycles. The molecule has 2 aromatic rings. The molecule has 0 fully saturated rings. The Kier molecular flexibility index (Phi) is 9.55. The third-order valence-electron chi connectivity index (χ3n) is 7.34. The van der Waals surface area contributed by atoms with E-state index >= 15 is 0 Å². The number of ether oxygens (including phenoxy) is 3. The van der Waals surface area contributed by atoms with Gasteiger partial charge in [0.15, 0.2) is 0 Å². The second-order valence-electron chi connectivity index (χ2n) is 11.2. The fourth-order valence-corrected chi connectivity index (χ4v) is 5.38. The Labute approximate surface area is 214 Å². The Balaban J connectivity index is 1.98.